The largest absolute Gasteiger partial charge is 1.00 e. The van der Waals surface area contributed by atoms with Crippen LogP contribution in [0.5, 0.6) is 0 Å². The molecule has 0 fully saturated rings. The molecule has 0 saturated carbocycles. The van der Waals surface area contributed by atoms with Gasteiger partial charge >= 0.3 is 0 Å². The van der Waals surface area contributed by atoms with Gasteiger partial charge in [0.15, 0.2) is 0 Å². The van der Waals surface area contributed by atoms with E-state index in [1.165, 1.54) is 57.8 Å². The van der Waals surface area contributed by atoms with Crippen LogP contribution in [0.1, 0.15) is 70.9 Å². The maximum atomic E-state index is 2.32. The van der Waals surface area contributed by atoms with Gasteiger partial charge in [-0.05, 0) is 6.42 Å². The molecule has 2 rings (SSSR count). The van der Waals surface area contributed by atoms with Gasteiger partial charge in [-0.15, -0.1) is 0 Å². The molecule has 25 heavy (non-hydrogen) atoms. The molecule has 2 heterocycles. The van der Waals surface area contributed by atoms with E-state index >= 15 is 0 Å². The van der Waals surface area contributed by atoms with Crippen LogP contribution in [-0.2, 0) is 14.1 Å². The predicted octanol–water partition coefficient (Wildman–Crippen LogP) is -2.48. The molecule has 0 radical (unpaired) electrons. The van der Waals surface area contributed by atoms with Gasteiger partial charge in [0.1, 0.15) is 24.8 Å². The molecule has 0 aliphatic heterocycles. The molecule has 0 saturated heterocycles. The number of imidazole rings is 2. The summed E-state index contributed by atoms with van der Waals surface area (Å²) in [6.07, 6.45) is 25.5. The summed E-state index contributed by atoms with van der Waals surface area (Å²) in [5.41, 5.74) is 0. The molecule has 0 unspecified atom stereocenters. The fraction of sp³-hybridized carbons (Fsp3) is 0.684. The average Bonchev–Trinajstić information content (AvgIpc) is 3.15. The standard InChI is InChI=1S/C19H34N4.2HI/c1-4-5-6-7-8-9-10-11-12-19(22-15-13-20(2)17-22)23-16-14-21(3)18-23;;/h13-19H,4-12H2,1-3H3;2*1H/q+2;;/p-2. The lowest BCUT2D eigenvalue weighted by Crippen LogP contribution is -3.00. The van der Waals surface area contributed by atoms with Crippen molar-refractivity contribution in [1.82, 2.24) is 9.13 Å². The summed E-state index contributed by atoms with van der Waals surface area (Å²) in [6, 6.07) is 0. The Balaban J connectivity index is 0.00000288. The van der Waals surface area contributed by atoms with E-state index in [-0.39, 0.29) is 48.0 Å². The highest BCUT2D eigenvalue weighted by atomic mass is 127. The summed E-state index contributed by atoms with van der Waals surface area (Å²) < 4.78 is 8.87. The van der Waals surface area contributed by atoms with Gasteiger partial charge in [0.2, 0.25) is 18.8 Å². The minimum atomic E-state index is 0. The predicted molar refractivity (Wildman–Crippen MR) is 92.9 cm³/mol. The fourth-order valence-electron chi connectivity index (χ4n) is 3.20. The number of halogens is 2. The summed E-state index contributed by atoms with van der Waals surface area (Å²) in [4.78, 5) is 0. The minimum absolute atomic E-state index is 0. The first kappa shape index (κ1) is 24.9. The number of aryl methyl sites for hydroxylation is 2. The quantitative estimate of drug-likeness (QED) is 0.162. The van der Waals surface area contributed by atoms with Crippen molar-refractivity contribution in [3.8, 4) is 0 Å². The van der Waals surface area contributed by atoms with Crippen LogP contribution in [0.15, 0.2) is 37.4 Å². The first-order chi connectivity index (χ1) is 11.2. The van der Waals surface area contributed by atoms with Gasteiger partial charge in [0, 0.05) is 6.42 Å². The number of unbranched alkanes of at least 4 members (excludes halogenated alkanes) is 7. The van der Waals surface area contributed by atoms with Crippen molar-refractivity contribution in [1.29, 1.82) is 0 Å². The fourth-order valence-corrected chi connectivity index (χ4v) is 3.20. The lowest BCUT2D eigenvalue weighted by Gasteiger charge is -2.10. The Bertz CT molecular complexity index is 525. The number of hydrogen-bond acceptors (Lipinski definition) is 0. The van der Waals surface area contributed by atoms with E-state index in [0.29, 0.717) is 6.17 Å². The molecule has 4 nitrogen and oxygen atoms in total. The average molecular weight is 572 g/mol. The molecule has 144 valence electrons. The van der Waals surface area contributed by atoms with Crippen LogP contribution in [-0.4, -0.2) is 9.13 Å². The number of nitrogens with zero attached hydrogens (tertiary/aromatic N) is 4. The number of aromatic nitrogens is 4. The van der Waals surface area contributed by atoms with Crippen LogP contribution in [0.3, 0.4) is 0 Å². The molecule has 2 aromatic rings. The molecule has 0 aromatic carbocycles. The molecule has 0 N–H and O–H groups in total. The Morgan fingerprint density at radius 3 is 1.56 bits per heavy atom. The van der Waals surface area contributed by atoms with E-state index in [1.807, 2.05) is 0 Å². The lowest BCUT2D eigenvalue weighted by molar-refractivity contribution is -0.672. The van der Waals surface area contributed by atoms with E-state index in [0.717, 1.165) is 0 Å². The van der Waals surface area contributed by atoms with E-state index in [4.69, 9.17) is 0 Å². The van der Waals surface area contributed by atoms with Crippen molar-refractivity contribution in [2.45, 2.75) is 70.9 Å². The summed E-state index contributed by atoms with van der Waals surface area (Å²) >= 11 is 0. The van der Waals surface area contributed by atoms with Gasteiger partial charge in [0.25, 0.3) is 0 Å². The molecule has 2 aromatic heterocycles. The SMILES string of the molecule is CCCCCCCCCCC(n1cc[n+](C)c1)n1cc[n+](C)c1.[I-].[I-]. The zero-order valence-electron chi connectivity index (χ0n) is 16.0. The van der Waals surface area contributed by atoms with Gasteiger partial charge in [-0.3, -0.25) is 0 Å². The molecule has 0 aliphatic rings. The van der Waals surface area contributed by atoms with E-state index in [2.05, 4.69) is 76.7 Å². The summed E-state index contributed by atoms with van der Waals surface area (Å²) in [5, 5.41) is 0. The van der Waals surface area contributed by atoms with E-state index in [9.17, 15) is 0 Å². The van der Waals surface area contributed by atoms with Crippen molar-refractivity contribution in [2.75, 3.05) is 0 Å². The van der Waals surface area contributed by atoms with Crippen LogP contribution >= 0.6 is 0 Å². The zero-order chi connectivity index (χ0) is 16.5. The van der Waals surface area contributed by atoms with Gasteiger partial charge in [-0.2, -0.15) is 9.13 Å². The van der Waals surface area contributed by atoms with Crippen LogP contribution in [0.25, 0.3) is 0 Å². The van der Waals surface area contributed by atoms with Gasteiger partial charge < -0.3 is 48.0 Å². The van der Waals surface area contributed by atoms with Gasteiger partial charge in [-0.1, -0.05) is 51.9 Å². The Morgan fingerprint density at radius 1 is 0.720 bits per heavy atom. The van der Waals surface area contributed by atoms with Crippen LogP contribution in [0.2, 0.25) is 0 Å². The third kappa shape index (κ3) is 8.88. The topological polar surface area (TPSA) is 17.6 Å². The molecule has 0 spiro atoms. The second kappa shape index (κ2) is 14.0. The Morgan fingerprint density at radius 2 is 1.16 bits per heavy atom. The van der Waals surface area contributed by atoms with Crippen molar-refractivity contribution in [2.24, 2.45) is 14.1 Å². The van der Waals surface area contributed by atoms with Crippen molar-refractivity contribution < 1.29 is 57.1 Å². The molecule has 0 aliphatic carbocycles. The molecule has 0 bridgehead atoms. The monoisotopic (exact) mass is 572 g/mol. The molecular weight excluding hydrogens is 538 g/mol. The molecule has 0 atom stereocenters. The minimum Gasteiger partial charge on any atom is -1.00 e. The first-order valence-electron chi connectivity index (χ1n) is 9.26. The van der Waals surface area contributed by atoms with Gasteiger partial charge in [-0.25, -0.2) is 9.13 Å². The second-order valence-corrected chi connectivity index (χ2v) is 6.80. The normalized spacial score (nSPS) is 10.6. The number of hydrogen-bond donors (Lipinski definition) is 0. The van der Waals surface area contributed by atoms with Crippen molar-refractivity contribution in [3.63, 3.8) is 0 Å². The smallest absolute Gasteiger partial charge is 0.246 e. The third-order valence-electron chi connectivity index (χ3n) is 4.58. The Hall–Kier alpha value is -0.120. The first-order valence-corrected chi connectivity index (χ1v) is 9.26. The summed E-state index contributed by atoms with van der Waals surface area (Å²) in [7, 11) is 4.17. The summed E-state index contributed by atoms with van der Waals surface area (Å²) in [6.45, 7) is 2.28. The van der Waals surface area contributed by atoms with Crippen LogP contribution in [0.4, 0.5) is 0 Å². The molecule has 0 amide bonds. The third-order valence-corrected chi connectivity index (χ3v) is 4.58. The van der Waals surface area contributed by atoms with Crippen molar-refractivity contribution in [3.05, 3.63) is 37.4 Å². The van der Waals surface area contributed by atoms with E-state index in [1.54, 1.807) is 0 Å². The zero-order valence-corrected chi connectivity index (χ0v) is 20.3. The Kier molecular flexibility index (Phi) is 13.9. The van der Waals surface area contributed by atoms with Gasteiger partial charge in [0.05, 0.1) is 14.1 Å². The Labute approximate surface area is 187 Å². The lowest BCUT2D eigenvalue weighted by atomic mass is 10.1. The maximum Gasteiger partial charge on any atom is 0.246 e. The highest BCUT2D eigenvalue weighted by Gasteiger charge is 2.22. The highest BCUT2D eigenvalue weighted by Crippen LogP contribution is 2.18. The second-order valence-electron chi connectivity index (χ2n) is 6.80. The van der Waals surface area contributed by atoms with Crippen LogP contribution < -0.4 is 57.1 Å². The van der Waals surface area contributed by atoms with Crippen molar-refractivity contribution >= 4 is 0 Å². The summed E-state index contributed by atoms with van der Waals surface area (Å²) in [5.74, 6) is 0. The highest BCUT2D eigenvalue weighted by molar-refractivity contribution is 4.80. The molecule has 6 heteroatoms. The maximum absolute atomic E-state index is 2.32. The molecular formula is C19H34I2N4. The van der Waals surface area contributed by atoms with E-state index < -0.39 is 0 Å². The number of rotatable bonds is 11. The van der Waals surface area contributed by atoms with Crippen LogP contribution in [0, 0.1) is 0 Å².